The average molecular weight is 350 g/mol. The third-order valence-electron chi connectivity index (χ3n) is 4.57. The third-order valence-corrected chi connectivity index (χ3v) is 4.57. The van der Waals surface area contributed by atoms with Gasteiger partial charge in [-0.25, -0.2) is 0 Å². The van der Waals surface area contributed by atoms with Crippen LogP contribution in [0, 0.1) is 0 Å². The summed E-state index contributed by atoms with van der Waals surface area (Å²) in [4.78, 5) is 17.0. The van der Waals surface area contributed by atoms with E-state index in [0.717, 1.165) is 34.6 Å². The quantitative estimate of drug-likeness (QED) is 0.785. The summed E-state index contributed by atoms with van der Waals surface area (Å²) >= 11 is 0. The van der Waals surface area contributed by atoms with Crippen molar-refractivity contribution in [3.8, 4) is 5.75 Å². The monoisotopic (exact) mass is 350 g/mol. The number of likely N-dealkylation sites (N-methyl/N-ethyl adjacent to an activating group) is 1. The highest BCUT2D eigenvalue weighted by Gasteiger charge is 2.30. The summed E-state index contributed by atoms with van der Waals surface area (Å²) in [6.45, 7) is 1.30. The molecular formula is C20H22N4O2. The van der Waals surface area contributed by atoms with Crippen molar-refractivity contribution >= 4 is 22.5 Å². The normalized spacial score (nSPS) is 16.6. The SMILES string of the molecule is CN(C)CC1CN(C(=O)Cc2[nH]nc3ccccc23)c2ccccc2O1. The fourth-order valence-electron chi connectivity index (χ4n) is 3.43. The van der Waals surface area contributed by atoms with Gasteiger partial charge in [0.15, 0.2) is 0 Å². The Morgan fingerprint density at radius 3 is 2.85 bits per heavy atom. The van der Waals surface area contributed by atoms with Crippen LogP contribution in [0.2, 0.25) is 0 Å². The molecule has 0 bridgehead atoms. The maximum atomic E-state index is 13.1. The number of carbonyl (C=O) groups is 1. The lowest BCUT2D eigenvalue weighted by Crippen LogP contribution is -2.47. The number of fused-ring (bicyclic) bond motifs is 2. The Morgan fingerprint density at radius 1 is 1.23 bits per heavy atom. The average Bonchev–Trinajstić information content (AvgIpc) is 3.03. The van der Waals surface area contributed by atoms with Gasteiger partial charge in [-0.15, -0.1) is 0 Å². The number of para-hydroxylation sites is 3. The second kappa shape index (κ2) is 6.80. The molecule has 1 aromatic heterocycles. The first kappa shape index (κ1) is 16.6. The van der Waals surface area contributed by atoms with Gasteiger partial charge in [-0.3, -0.25) is 9.89 Å². The molecule has 1 unspecified atom stereocenters. The molecule has 26 heavy (non-hydrogen) atoms. The Kier molecular flexibility index (Phi) is 4.34. The van der Waals surface area contributed by atoms with Crippen LogP contribution in [0.5, 0.6) is 5.75 Å². The van der Waals surface area contributed by atoms with Crippen molar-refractivity contribution in [3.63, 3.8) is 0 Å². The van der Waals surface area contributed by atoms with Crippen LogP contribution in [0.1, 0.15) is 5.69 Å². The molecule has 1 atom stereocenters. The molecule has 6 nitrogen and oxygen atoms in total. The molecule has 0 aliphatic carbocycles. The van der Waals surface area contributed by atoms with Crippen molar-refractivity contribution < 1.29 is 9.53 Å². The highest BCUT2D eigenvalue weighted by molar-refractivity contribution is 5.98. The molecule has 1 amide bonds. The van der Waals surface area contributed by atoms with Gasteiger partial charge in [-0.2, -0.15) is 5.10 Å². The van der Waals surface area contributed by atoms with Crippen molar-refractivity contribution in [1.82, 2.24) is 15.1 Å². The Bertz CT molecular complexity index is 934. The zero-order valence-electron chi connectivity index (χ0n) is 15.0. The first-order chi connectivity index (χ1) is 12.6. The summed E-state index contributed by atoms with van der Waals surface area (Å²) in [5.74, 6) is 0.798. The molecule has 2 aromatic carbocycles. The van der Waals surface area contributed by atoms with E-state index in [2.05, 4.69) is 15.1 Å². The number of nitrogens with one attached hydrogen (secondary N) is 1. The largest absolute Gasteiger partial charge is 0.485 e. The number of H-pyrrole nitrogens is 1. The van der Waals surface area contributed by atoms with Crippen LogP contribution < -0.4 is 9.64 Å². The molecule has 4 rings (SSSR count). The zero-order chi connectivity index (χ0) is 18.1. The van der Waals surface area contributed by atoms with Crippen molar-refractivity contribution in [2.45, 2.75) is 12.5 Å². The summed E-state index contributed by atoms with van der Waals surface area (Å²) in [6, 6.07) is 15.6. The van der Waals surface area contributed by atoms with E-state index in [4.69, 9.17) is 4.74 Å². The highest BCUT2D eigenvalue weighted by atomic mass is 16.5. The van der Waals surface area contributed by atoms with Gasteiger partial charge in [0.05, 0.1) is 29.9 Å². The van der Waals surface area contributed by atoms with Crippen LogP contribution in [0.25, 0.3) is 10.9 Å². The minimum absolute atomic E-state index is 0.0407. The summed E-state index contributed by atoms with van der Waals surface area (Å²) in [6.07, 6.45) is 0.228. The van der Waals surface area contributed by atoms with Crippen molar-refractivity contribution in [2.75, 3.05) is 32.1 Å². The third kappa shape index (κ3) is 3.15. The maximum absolute atomic E-state index is 13.1. The van der Waals surface area contributed by atoms with Crippen molar-refractivity contribution in [1.29, 1.82) is 0 Å². The van der Waals surface area contributed by atoms with Crippen LogP contribution in [-0.4, -0.2) is 54.3 Å². The Balaban J connectivity index is 1.61. The van der Waals surface area contributed by atoms with Crippen LogP contribution in [0.4, 0.5) is 5.69 Å². The van der Waals surface area contributed by atoms with Gasteiger partial charge in [0.25, 0.3) is 0 Å². The van der Waals surface area contributed by atoms with Crippen LogP contribution in [-0.2, 0) is 11.2 Å². The molecule has 6 heteroatoms. The van der Waals surface area contributed by atoms with Crippen molar-refractivity contribution in [3.05, 3.63) is 54.2 Å². The molecule has 2 heterocycles. The minimum Gasteiger partial charge on any atom is -0.485 e. The topological polar surface area (TPSA) is 61.5 Å². The first-order valence-corrected chi connectivity index (χ1v) is 8.74. The van der Waals surface area contributed by atoms with E-state index < -0.39 is 0 Å². The number of rotatable bonds is 4. The van der Waals surface area contributed by atoms with Gasteiger partial charge in [-0.1, -0.05) is 30.3 Å². The molecule has 134 valence electrons. The molecule has 0 saturated carbocycles. The van der Waals surface area contributed by atoms with Gasteiger partial charge < -0.3 is 14.5 Å². The molecule has 1 N–H and O–H groups in total. The minimum atomic E-state index is -0.0534. The highest BCUT2D eigenvalue weighted by Crippen LogP contribution is 2.33. The van der Waals surface area contributed by atoms with E-state index in [1.807, 2.05) is 67.5 Å². The summed E-state index contributed by atoms with van der Waals surface area (Å²) in [5, 5.41) is 8.30. The maximum Gasteiger partial charge on any atom is 0.233 e. The Hall–Kier alpha value is -2.86. The summed E-state index contributed by atoms with van der Waals surface area (Å²) < 4.78 is 6.07. The Morgan fingerprint density at radius 2 is 2.00 bits per heavy atom. The van der Waals surface area contributed by atoms with Crippen LogP contribution >= 0.6 is 0 Å². The van der Waals surface area contributed by atoms with E-state index in [1.165, 1.54) is 0 Å². The number of aromatic nitrogens is 2. The lowest BCUT2D eigenvalue weighted by Gasteiger charge is -2.36. The van der Waals surface area contributed by atoms with Gasteiger partial charge in [0, 0.05) is 11.9 Å². The number of aromatic amines is 1. The standard InChI is InChI=1S/C20H22N4O2/c1-23(2)12-14-13-24(18-9-5-6-10-19(18)26-14)20(25)11-17-15-7-3-4-8-16(15)21-22-17/h3-10,14H,11-13H2,1-2H3,(H,21,22). The van der Waals surface area contributed by atoms with E-state index in [9.17, 15) is 4.79 Å². The molecule has 0 spiro atoms. The van der Waals surface area contributed by atoms with E-state index in [-0.39, 0.29) is 18.4 Å². The fourth-order valence-corrected chi connectivity index (χ4v) is 3.43. The van der Waals surface area contributed by atoms with Gasteiger partial charge in [0.2, 0.25) is 5.91 Å². The fraction of sp³-hybridized carbons (Fsp3) is 0.300. The van der Waals surface area contributed by atoms with E-state index in [1.54, 1.807) is 0 Å². The summed E-state index contributed by atoms with van der Waals surface area (Å²) in [5.41, 5.74) is 2.55. The number of hydrogen-bond donors (Lipinski definition) is 1. The predicted octanol–water partition coefficient (Wildman–Crippen LogP) is 2.46. The second-order valence-corrected chi connectivity index (χ2v) is 6.87. The first-order valence-electron chi connectivity index (χ1n) is 8.74. The van der Waals surface area contributed by atoms with E-state index >= 15 is 0 Å². The predicted molar refractivity (Wildman–Crippen MR) is 102 cm³/mol. The zero-order valence-corrected chi connectivity index (χ0v) is 15.0. The number of hydrogen-bond acceptors (Lipinski definition) is 4. The summed E-state index contributed by atoms with van der Waals surface area (Å²) in [7, 11) is 4.01. The Labute approximate surface area is 152 Å². The molecule has 0 saturated heterocycles. The van der Waals surface area contributed by atoms with Gasteiger partial charge >= 0.3 is 0 Å². The number of ether oxygens (including phenoxy) is 1. The molecule has 0 fully saturated rings. The molecule has 0 radical (unpaired) electrons. The van der Waals surface area contributed by atoms with Gasteiger partial charge in [0.1, 0.15) is 11.9 Å². The lowest BCUT2D eigenvalue weighted by molar-refractivity contribution is -0.118. The smallest absolute Gasteiger partial charge is 0.233 e. The molecular weight excluding hydrogens is 328 g/mol. The number of anilines is 1. The number of nitrogens with zero attached hydrogens (tertiary/aromatic N) is 3. The van der Waals surface area contributed by atoms with Crippen molar-refractivity contribution in [2.24, 2.45) is 0 Å². The number of amides is 1. The van der Waals surface area contributed by atoms with E-state index in [0.29, 0.717) is 6.54 Å². The molecule has 3 aromatic rings. The number of carbonyl (C=O) groups excluding carboxylic acids is 1. The van der Waals surface area contributed by atoms with Crippen LogP contribution in [0.15, 0.2) is 48.5 Å². The van der Waals surface area contributed by atoms with Gasteiger partial charge in [-0.05, 0) is 32.3 Å². The molecule has 1 aliphatic rings. The number of benzene rings is 2. The lowest BCUT2D eigenvalue weighted by atomic mass is 10.1. The second-order valence-electron chi connectivity index (χ2n) is 6.87. The molecule has 1 aliphatic heterocycles. The van der Waals surface area contributed by atoms with Crippen LogP contribution in [0.3, 0.4) is 0 Å².